The fourth-order valence-corrected chi connectivity index (χ4v) is 3.71. The Labute approximate surface area is 162 Å². The number of rotatable bonds is 6. The van der Waals surface area contributed by atoms with Crippen LogP contribution in [0.3, 0.4) is 0 Å². The van der Waals surface area contributed by atoms with E-state index in [4.69, 9.17) is 5.10 Å². The Morgan fingerprint density at radius 1 is 1.32 bits per heavy atom. The van der Waals surface area contributed by atoms with Gasteiger partial charge in [0.1, 0.15) is 11.3 Å². The van der Waals surface area contributed by atoms with Crippen LogP contribution < -0.4 is 5.32 Å². The van der Waals surface area contributed by atoms with Gasteiger partial charge in [-0.2, -0.15) is 5.10 Å². The Morgan fingerprint density at radius 3 is 2.96 bits per heavy atom. The number of nitrogens with zero attached hydrogens (tertiary/aromatic N) is 5. The zero-order valence-corrected chi connectivity index (χ0v) is 15.8. The largest absolute Gasteiger partial charge is 0.354 e. The minimum atomic E-state index is -0.336. The zero-order valence-electron chi connectivity index (χ0n) is 15.8. The van der Waals surface area contributed by atoms with Gasteiger partial charge in [0.15, 0.2) is 5.65 Å². The summed E-state index contributed by atoms with van der Waals surface area (Å²) in [6.45, 7) is 2.95. The molecule has 3 aromatic rings. The van der Waals surface area contributed by atoms with E-state index in [1.807, 2.05) is 4.68 Å². The molecule has 0 radical (unpaired) electrons. The molecule has 3 heterocycles. The first-order chi connectivity index (χ1) is 13.6. The van der Waals surface area contributed by atoms with Gasteiger partial charge in [0.25, 0.3) is 0 Å². The van der Waals surface area contributed by atoms with Crippen molar-refractivity contribution in [2.24, 2.45) is 0 Å². The zero-order chi connectivity index (χ0) is 19.5. The molecule has 146 valence electrons. The van der Waals surface area contributed by atoms with Crippen molar-refractivity contribution in [1.82, 2.24) is 30.0 Å². The highest BCUT2D eigenvalue weighted by atomic mass is 19.1. The predicted octanol–water partition coefficient (Wildman–Crippen LogP) is 1.74. The summed E-state index contributed by atoms with van der Waals surface area (Å²) in [5.41, 5.74) is 3.22. The van der Waals surface area contributed by atoms with Crippen molar-refractivity contribution in [3.05, 3.63) is 53.7 Å². The number of fused-ring (bicyclic) bond motifs is 1. The lowest BCUT2D eigenvalue weighted by atomic mass is 10.0. The minimum absolute atomic E-state index is 0.147. The van der Waals surface area contributed by atoms with Gasteiger partial charge >= 0.3 is 0 Å². The molecular weight excluding hydrogens is 359 g/mol. The van der Waals surface area contributed by atoms with E-state index in [1.54, 1.807) is 24.5 Å². The molecule has 4 rings (SSSR count). The number of carbonyl (C=O) groups excluding carboxylic acids is 1. The average molecular weight is 382 g/mol. The Kier molecular flexibility index (Phi) is 5.29. The van der Waals surface area contributed by atoms with Gasteiger partial charge in [-0.05, 0) is 37.7 Å². The van der Waals surface area contributed by atoms with Crippen LogP contribution in [0.5, 0.6) is 0 Å². The summed E-state index contributed by atoms with van der Waals surface area (Å²) in [5.74, 6) is -0.129. The average Bonchev–Trinajstić information content (AvgIpc) is 3.26. The molecule has 1 amide bonds. The van der Waals surface area contributed by atoms with Gasteiger partial charge in [0.2, 0.25) is 5.91 Å². The molecular formula is C20H23FN6O. The van der Waals surface area contributed by atoms with Crippen LogP contribution in [0.25, 0.3) is 11.2 Å². The molecule has 1 N–H and O–H groups in total. The summed E-state index contributed by atoms with van der Waals surface area (Å²) in [5, 5.41) is 7.63. The molecule has 2 aromatic heterocycles. The van der Waals surface area contributed by atoms with E-state index < -0.39 is 0 Å². The molecule has 1 aliphatic heterocycles. The Morgan fingerprint density at radius 2 is 2.18 bits per heavy atom. The number of benzene rings is 1. The number of amides is 1. The summed E-state index contributed by atoms with van der Waals surface area (Å²) >= 11 is 0. The van der Waals surface area contributed by atoms with Crippen LogP contribution in [0, 0.1) is 5.82 Å². The number of likely N-dealkylation sites (tertiary alicyclic amines) is 1. The van der Waals surface area contributed by atoms with Gasteiger partial charge in [-0.25, -0.2) is 19.0 Å². The number of likely N-dealkylation sites (N-methyl/N-ethyl adjacent to an activating group) is 1. The lowest BCUT2D eigenvalue weighted by Crippen LogP contribution is -2.29. The van der Waals surface area contributed by atoms with E-state index in [1.165, 1.54) is 12.1 Å². The highest BCUT2D eigenvalue weighted by Crippen LogP contribution is 2.29. The third-order valence-corrected chi connectivity index (χ3v) is 5.07. The van der Waals surface area contributed by atoms with Crippen molar-refractivity contribution in [3.63, 3.8) is 0 Å². The molecule has 0 unspecified atom stereocenters. The molecule has 8 heteroatoms. The van der Waals surface area contributed by atoms with E-state index in [0.717, 1.165) is 36.4 Å². The summed E-state index contributed by atoms with van der Waals surface area (Å²) in [4.78, 5) is 23.4. The molecule has 7 nitrogen and oxygen atoms in total. The number of aromatic nitrogens is 4. The Hall–Kier alpha value is -2.87. The second-order valence-corrected chi connectivity index (χ2v) is 7.24. The van der Waals surface area contributed by atoms with E-state index >= 15 is 0 Å². The lowest BCUT2D eigenvalue weighted by Gasteiger charge is -2.08. The highest BCUT2D eigenvalue weighted by molar-refractivity contribution is 5.78. The molecule has 1 aromatic carbocycles. The molecule has 0 saturated carbocycles. The van der Waals surface area contributed by atoms with Crippen molar-refractivity contribution in [2.45, 2.75) is 25.3 Å². The van der Waals surface area contributed by atoms with Gasteiger partial charge in [-0.3, -0.25) is 4.79 Å². The smallest absolute Gasteiger partial charge is 0.224 e. The summed E-state index contributed by atoms with van der Waals surface area (Å²) in [7, 11) is 2.11. The van der Waals surface area contributed by atoms with Crippen LogP contribution in [0.1, 0.15) is 23.6 Å². The molecule has 1 aliphatic rings. The highest BCUT2D eigenvalue weighted by Gasteiger charge is 2.27. The van der Waals surface area contributed by atoms with Crippen LogP contribution in [0.15, 0.2) is 36.7 Å². The van der Waals surface area contributed by atoms with Gasteiger partial charge in [-0.15, -0.1) is 0 Å². The second kappa shape index (κ2) is 8.02. The lowest BCUT2D eigenvalue weighted by molar-refractivity contribution is -0.120. The van der Waals surface area contributed by atoms with Crippen LogP contribution in [0.4, 0.5) is 4.39 Å². The number of halogens is 1. The molecule has 1 saturated heterocycles. The monoisotopic (exact) mass is 382 g/mol. The van der Waals surface area contributed by atoms with Crippen molar-refractivity contribution < 1.29 is 9.18 Å². The molecule has 28 heavy (non-hydrogen) atoms. The van der Waals surface area contributed by atoms with Crippen molar-refractivity contribution >= 4 is 17.1 Å². The summed E-state index contributed by atoms with van der Waals surface area (Å²) in [6.07, 6.45) is 4.56. The minimum Gasteiger partial charge on any atom is -0.354 e. The van der Waals surface area contributed by atoms with Gasteiger partial charge in [0.05, 0.1) is 18.7 Å². The second-order valence-electron chi connectivity index (χ2n) is 7.24. The fraction of sp³-hybridized carbons (Fsp3) is 0.400. The quantitative estimate of drug-likeness (QED) is 0.703. The third kappa shape index (κ3) is 4.01. The number of nitrogens with one attached hydrogen (secondary N) is 1. The fourth-order valence-electron chi connectivity index (χ4n) is 3.71. The van der Waals surface area contributed by atoms with Gasteiger partial charge < -0.3 is 10.2 Å². The Balaban J connectivity index is 1.41. The van der Waals surface area contributed by atoms with Gasteiger partial charge in [-0.1, -0.05) is 12.1 Å². The van der Waals surface area contributed by atoms with Crippen LogP contribution in [-0.4, -0.2) is 57.2 Å². The summed E-state index contributed by atoms with van der Waals surface area (Å²) < 4.78 is 15.1. The third-order valence-electron chi connectivity index (χ3n) is 5.07. The first kappa shape index (κ1) is 18.5. The maximum atomic E-state index is 13.2. The number of hydrogen-bond donors (Lipinski definition) is 1. The van der Waals surface area contributed by atoms with Crippen LogP contribution in [-0.2, 0) is 17.8 Å². The van der Waals surface area contributed by atoms with E-state index in [0.29, 0.717) is 24.6 Å². The van der Waals surface area contributed by atoms with E-state index in [2.05, 4.69) is 27.2 Å². The van der Waals surface area contributed by atoms with Crippen molar-refractivity contribution in [2.75, 3.05) is 26.7 Å². The van der Waals surface area contributed by atoms with Gasteiger partial charge in [0, 0.05) is 31.4 Å². The Bertz CT molecular complexity index is 988. The first-order valence-electron chi connectivity index (χ1n) is 9.47. The normalized spacial score (nSPS) is 17.3. The predicted molar refractivity (Wildman–Crippen MR) is 103 cm³/mol. The van der Waals surface area contributed by atoms with Crippen LogP contribution >= 0.6 is 0 Å². The molecule has 1 atom stereocenters. The van der Waals surface area contributed by atoms with Crippen molar-refractivity contribution in [3.8, 4) is 0 Å². The van der Waals surface area contributed by atoms with E-state index in [9.17, 15) is 9.18 Å². The van der Waals surface area contributed by atoms with Crippen molar-refractivity contribution in [1.29, 1.82) is 0 Å². The van der Waals surface area contributed by atoms with Crippen LogP contribution in [0.2, 0.25) is 0 Å². The molecule has 1 fully saturated rings. The van der Waals surface area contributed by atoms with E-state index in [-0.39, 0.29) is 18.1 Å². The molecule has 0 spiro atoms. The maximum absolute atomic E-state index is 13.2. The SMILES string of the molecule is CN1CC[C@@H](c2nn(CCNC(=O)Cc3cccc(F)c3)c3nccnc23)C1. The maximum Gasteiger partial charge on any atom is 0.224 e. The standard InChI is InChI=1S/C20H23FN6O/c1-26-9-5-15(13-26)18-19-20(24-7-6-23-19)27(25-18)10-8-22-17(28)12-14-3-2-4-16(21)11-14/h2-4,6-7,11,15H,5,8-10,12-13H2,1H3,(H,22,28)/t15-/m1/s1. The molecule has 0 bridgehead atoms. The number of carbonyl (C=O) groups is 1. The number of hydrogen-bond acceptors (Lipinski definition) is 5. The topological polar surface area (TPSA) is 75.9 Å². The molecule has 0 aliphatic carbocycles. The first-order valence-corrected chi connectivity index (χ1v) is 9.47. The summed E-state index contributed by atoms with van der Waals surface area (Å²) in [6, 6.07) is 6.09.